The number of thioether (sulfide) groups is 1. The van der Waals surface area contributed by atoms with Crippen molar-refractivity contribution in [3.8, 4) is 0 Å². The summed E-state index contributed by atoms with van der Waals surface area (Å²) in [5, 5.41) is 1.91. The lowest BCUT2D eigenvalue weighted by molar-refractivity contribution is -0.137. The summed E-state index contributed by atoms with van der Waals surface area (Å²) in [4.78, 5) is 26.5. The van der Waals surface area contributed by atoms with Gasteiger partial charge in [0.15, 0.2) is 0 Å². The number of carbonyl (C=O) groups excluding carboxylic acids is 1. The van der Waals surface area contributed by atoms with E-state index in [1.807, 2.05) is 0 Å². The minimum absolute atomic E-state index is 0.223. The third-order valence-electron chi connectivity index (χ3n) is 4.93. The first-order chi connectivity index (χ1) is 13.3. The smallest absolute Gasteiger partial charge is 0.316 e. The average Bonchev–Trinajstić information content (AvgIpc) is 3.03. The Balaban J connectivity index is 1.95. The lowest BCUT2D eigenvalue weighted by atomic mass is 9.87. The van der Waals surface area contributed by atoms with E-state index in [-0.39, 0.29) is 17.3 Å². The molecule has 8 heteroatoms. The van der Waals surface area contributed by atoms with Crippen LogP contribution in [0.1, 0.15) is 50.4 Å². The zero-order valence-electron chi connectivity index (χ0n) is 16.7. The number of hydrogen-bond acceptors (Lipinski definition) is 8. The van der Waals surface area contributed by atoms with Gasteiger partial charge < -0.3 is 9.47 Å². The van der Waals surface area contributed by atoms with Crippen molar-refractivity contribution >= 4 is 49.5 Å². The molecule has 0 aromatic carbocycles. The normalized spacial score (nSPS) is 15.9. The molecule has 0 bridgehead atoms. The SMILES string of the molecule is COC(=O)CSc1ncnc2c1sc1nc(C(C)C)c3c(c12)CC(C)(C)OC3. The summed E-state index contributed by atoms with van der Waals surface area (Å²) in [7, 11) is 1.39. The monoisotopic (exact) mass is 417 g/mol. The Hall–Kier alpha value is -1.77. The van der Waals surface area contributed by atoms with E-state index in [1.165, 1.54) is 30.0 Å². The van der Waals surface area contributed by atoms with Crippen LogP contribution in [0, 0.1) is 0 Å². The molecule has 3 aromatic rings. The number of carbonyl (C=O) groups is 1. The van der Waals surface area contributed by atoms with Crippen molar-refractivity contribution < 1.29 is 14.3 Å². The van der Waals surface area contributed by atoms with Crippen LogP contribution < -0.4 is 0 Å². The molecule has 0 aliphatic carbocycles. The van der Waals surface area contributed by atoms with E-state index < -0.39 is 0 Å². The van der Waals surface area contributed by atoms with Crippen molar-refractivity contribution in [2.75, 3.05) is 12.9 Å². The first-order valence-electron chi connectivity index (χ1n) is 9.23. The lowest BCUT2D eigenvalue weighted by Gasteiger charge is -2.33. The van der Waals surface area contributed by atoms with Gasteiger partial charge in [-0.2, -0.15) is 0 Å². The fourth-order valence-electron chi connectivity index (χ4n) is 3.58. The van der Waals surface area contributed by atoms with Crippen molar-refractivity contribution in [1.82, 2.24) is 15.0 Å². The average molecular weight is 418 g/mol. The van der Waals surface area contributed by atoms with Crippen molar-refractivity contribution in [2.45, 2.75) is 57.3 Å². The molecule has 0 fully saturated rings. The molecule has 0 unspecified atom stereocenters. The number of nitrogens with zero attached hydrogens (tertiary/aromatic N) is 3. The van der Waals surface area contributed by atoms with Crippen LogP contribution in [-0.2, 0) is 27.3 Å². The van der Waals surface area contributed by atoms with Gasteiger partial charge in [0.25, 0.3) is 0 Å². The number of ether oxygens (including phenoxy) is 2. The van der Waals surface area contributed by atoms with Gasteiger partial charge in [-0.15, -0.1) is 11.3 Å². The standard InChI is InChI=1S/C20H23N3O3S2/c1-10(2)15-12-7-26-20(3,4)6-11(12)14-16-17(28-18(14)23-15)19(22-9-21-16)27-8-13(24)25-5/h9-10H,6-8H2,1-5H3. The van der Waals surface area contributed by atoms with E-state index in [0.717, 1.165) is 37.6 Å². The van der Waals surface area contributed by atoms with Crippen LogP contribution in [-0.4, -0.2) is 39.4 Å². The van der Waals surface area contributed by atoms with Crippen LogP contribution >= 0.6 is 23.1 Å². The molecular formula is C20H23N3O3S2. The van der Waals surface area contributed by atoms with Crippen molar-refractivity contribution in [1.29, 1.82) is 0 Å². The Bertz CT molecular complexity index is 1080. The molecular weight excluding hydrogens is 394 g/mol. The molecule has 0 N–H and O–H groups in total. The second kappa shape index (κ2) is 7.24. The van der Waals surface area contributed by atoms with E-state index in [4.69, 9.17) is 14.5 Å². The topological polar surface area (TPSA) is 74.2 Å². The van der Waals surface area contributed by atoms with Gasteiger partial charge in [-0.05, 0) is 25.3 Å². The van der Waals surface area contributed by atoms with Gasteiger partial charge >= 0.3 is 5.97 Å². The van der Waals surface area contributed by atoms with Gasteiger partial charge in [0.2, 0.25) is 0 Å². The maximum Gasteiger partial charge on any atom is 0.316 e. The number of thiophene rings is 1. The Labute approximate surface area is 172 Å². The Morgan fingerprint density at radius 1 is 1.36 bits per heavy atom. The third kappa shape index (κ3) is 3.38. The maximum atomic E-state index is 11.6. The molecule has 4 rings (SSSR count). The van der Waals surface area contributed by atoms with Gasteiger partial charge in [-0.3, -0.25) is 4.79 Å². The molecule has 0 saturated heterocycles. The molecule has 6 nitrogen and oxygen atoms in total. The Morgan fingerprint density at radius 2 is 2.14 bits per heavy atom. The van der Waals surface area contributed by atoms with Crippen LogP contribution in [0.2, 0.25) is 0 Å². The maximum absolute atomic E-state index is 11.6. The number of methoxy groups -OCH3 is 1. The summed E-state index contributed by atoms with van der Waals surface area (Å²) in [5.41, 5.74) is 4.28. The molecule has 0 saturated carbocycles. The van der Waals surface area contributed by atoms with Crippen molar-refractivity contribution in [3.63, 3.8) is 0 Å². The quantitative estimate of drug-likeness (QED) is 0.352. The van der Waals surface area contributed by atoms with Crippen LogP contribution in [0.25, 0.3) is 20.4 Å². The Morgan fingerprint density at radius 3 is 2.86 bits per heavy atom. The van der Waals surface area contributed by atoms with Crippen LogP contribution in [0.15, 0.2) is 11.4 Å². The molecule has 0 amide bonds. The number of hydrogen-bond donors (Lipinski definition) is 0. The molecule has 1 aliphatic rings. The van der Waals surface area contributed by atoms with Gasteiger partial charge in [0.1, 0.15) is 16.2 Å². The minimum atomic E-state index is -0.269. The predicted molar refractivity (Wildman–Crippen MR) is 112 cm³/mol. The zero-order chi connectivity index (χ0) is 20.1. The Kier molecular flexibility index (Phi) is 5.05. The van der Waals surface area contributed by atoms with Crippen LogP contribution in [0.4, 0.5) is 0 Å². The minimum Gasteiger partial charge on any atom is -0.468 e. The molecule has 0 radical (unpaired) electrons. The largest absolute Gasteiger partial charge is 0.468 e. The number of rotatable bonds is 4. The number of esters is 1. The summed E-state index contributed by atoms with van der Waals surface area (Å²) in [5.74, 6) is 0.266. The highest BCUT2D eigenvalue weighted by atomic mass is 32.2. The van der Waals surface area contributed by atoms with Crippen LogP contribution in [0.5, 0.6) is 0 Å². The van der Waals surface area contributed by atoms with Gasteiger partial charge in [-0.25, -0.2) is 15.0 Å². The van der Waals surface area contributed by atoms with E-state index >= 15 is 0 Å². The highest BCUT2D eigenvalue weighted by Crippen LogP contribution is 2.43. The molecule has 0 atom stereocenters. The number of fused-ring (bicyclic) bond motifs is 5. The van der Waals surface area contributed by atoms with Gasteiger partial charge in [-0.1, -0.05) is 25.6 Å². The molecule has 1 aliphatic heterocycles. The van der Waals surface area contributed by atoms with Gasteiger partial charge in [0, 0.05) is 17.4 Å². The molecule has 148 valence electrons. The molecule has 3 aromatic heterocycles. The third-order valence-corrected chi connectivity index (χ3v) is 7.10. The summed E-state index contributed by atoms with van der Waals surface area (Å²) in [6.45, 7) is 9.15. The molecule has 0 spiro atoms. The highest BCUT2D eigenvalue weighted by molar-refractivity contribution is 8.00. The van der Waals surface area contributed by atoms with E-state index in [0.29, 0.717) is 12.5 Å². The van der Waals surface area contributed by atoms with Crippen LogP contribution in [0.3, 0.4) is 0 Å². The fraction of sp³-hybridized carbons (Fsp3) is 0.500. The van der Waals surface area contributed by atoms with Crippen molar-refractivity contribution in [3.05, 3.63) is 23.1 Å². The van der Waals surface area contributed by atoms with E-state index in [1.54, 1.807) is 17.7 Å². The summed E-state index contributed by atoms with van der Waals surface area (Å²) in [6, 6.07) is 0. The van der Waals surface area contributed by atoms with E-state index in [9.17, 15) is 4.79 Å². The molecule has 4 heterocycles. The zero-order valence-corrected chi connectivity index (χ0v) is 18.3. The second-order valence-electron chi connectivity index (χ2n) is 7.84. The summed E-state index contributed by atoms with van der Waals surface area (Å²) < 4.78 is 11.8. The van der Waals surface area contributed by atoms with Gasteiger partial charge in [0.05, 0.1) is 41.0 Å². The van der Waals surface area contributed by atoms with E-state index in [2.05, 4.69) is 37.7 Å². The van der Waals surface area contributed by atoms with Crippen molar-refractivity contribution in [2.24, 2.45) is 0 Å². The first-order valence-corrected chi connectivity index (χ1v) is 11.0. The summed E-state index contributed by atoms with van der Waals surface area (Å²) in [6.07, 6.45) is 2.39. The highest BCUT2D eigenvalue weighted by Gasteiger charge is 2.32. The number of aromatic nitrogens is 3. The predicted octanol–water partition coefficient (Wildman–Crippen LogP) is 4.48. The lowest BCUT2D eigenvalue weighted by Crippen LogP contribution is -2.32. The fourth-order valence-corrected chi connectivity index (χ4v) is 5.65. The second-order valence-corrected chi connectivity index (χ2v) is 9.80. The first kappa shape index (κ1) is 19.5. The molecule has 28 heavy (non-hydrogen) atoms. The summed E-state index contributed by atoms with van der Waals surface area (Å²) >= 11 is 2.98. The number of pyridine rings is 1.